The lowest BCUT2D eigenvalue weighted by Gasteiger charge is -2.22. The van der Waals surface area contributed by atoms with Gasteiger partial charge in [0.15, 0.2) is 5.69 Å². The Morgan fingerprint density at radius 3 is 2.23 bits per heavy atom. The van der Waals surface area contributed by atoms with Gasteiger partial charge < -0.3 is 9.64 Å². The molecule has 0 aliphatic heterocycles. The number of carbonyl (C=O) groups is 2. The van der Waals surface area contributed by atoms with E-state index in [1.54, 1.807) is 67.6 Å². The molecule has 0 radical (unpaired) electrons. The third kappa shape index (κ3) is 5.69. The molecular formula is C22H19F3N2O3S. The van der Waals surface area contributed by atoms with Crippen LogP contribution in [0.25, 0.3) is 10.6 Å². The average Bonchev–Trinajstić information content (AvgIpc) is 3.20. The predicted molar refractivity (Wildman–Crippen MR) is 110 cm³/mol. The van der Waals surface area contributed by atoms with Crippen molar-refractivity contribution < 1.29 is 27.5 Å². The summed E-state index contributed by atoms with van der Waals surface area (Å²) in [6.45, 7) is 1.18. The van der Waals surface area contributed by atoms with Crippen LogP contribution in [0.15, 0.2) is 60.7 Å². The van der Waals surface area contributed by atoms with E-state index in [0.29, 0.717) is 22.5 Å². The summed E-state index contributed by atoms with van der Waals surface area (Å²) in [5.41, 5.74) is -0.123. The lowest BCUT2D eigenvalue weighted by atomic mass is 10.2. The number of aromatic nitrogens is 1. The average molecular weight is 448 g/mol. The van der Waals surface area contributed by atoms with Gasteiger partial charge in [0.05, 0.1) is 6.61 Å². The molecule has 9 heteroatoms. The minimum Gasteiger partial charge on any atom is -0.465 e. The summed E-state index contributed by atoms with van der Waals surface area (Å²) in [7, 11) is 0. The fourth-order valence-electron chi connectivity index (χ4n) is 2.87. The lowest BCUT2D eigenvalue weighted by molar-refractivity contribution is -0.143. The second-order valence-electron chi connectivity index (χ2n) is 6.51. The highest BCUT2D eigenvalue weighted by Gasteiger charge is 2.41. The smallest absolute Gasteiger partial charge is 0.435 e. The van der Waals surface area contributed by atoms with E-state index in [-0.39, 0.29) is 18.2 Å². The number of halogens is 3. The maximum absolute atomic E-state index is 13.7. The number of nitrogens with zero attached hydrogens (tertiary/aromatic N) is 2. The molecule has 3 rings (SSSR count). The second-order valence-corrected chi connectivity index (χ2v) is 7.51. The first-order valence-corrected chi connectivity index (χ1v) is 10.2. The molecule has 0 saturated heterocycles. The van der Waals surface area contributed by atoms with Crippen molar-refractivity contribution in [1.82, 2.24) is 9.88 Å². The van der Waals surface area contributed by atoms with E-state index in [1.807, 2.05) is 0 Å². The summed E-state index contributed by atoms with van der Waals surface area (Å²) in [5.74, 6) is -1.63. The number of esters is 1. The van der Waals surface area contributed by atoms with Gasteiger partial charge in [-0.25, -0.2) is 4.98 Å². The highest BCUT2D eigenvalue weighted by molar-refractivity contribution is 7.17. The number of alkyl halides is 3. The maximum atomic E-state index is 13.7. The van der Waals surface area contributed by atoms with Crippen molar-refractivity contribution in [3.63, 3.8) is 0 Å². The highest BCUT2D eigenvalue weighted by atomic mass is 32.1. The van der Waals surface area contributed by atoms with E-state index in [0.717, 1.165) is 4.90 Å². The van der Waals surface area contributed by atoms with Gasteiger partial charge in [0.2, 0.25) is 0 Å². The fourth-order valence-corrected chi connectivity index (χ4v) is 3.93. The van der Waals surface area contributed by atoms with E-state index in [4.69, 9.17) is 4.74 Å². The lowest BCUT2D eigenvalue weighted by Crippen LogP contribution is -2.36. The van der Waals surface area contributed by atoms with Gasteiger partial charge in [0.1, 0.15) is 16.4 Å². The molecule has 0 saturated carbocycles. The first-order chi connectivity index (χ1) is 14.8. The Morgan fingerprint density at radius 2 is 1.65 bits per heavy atom. The summed E-state index contributed by atoms with van der Waals surface area (Å²) in [6, 6.07) is 17.0. The first-order valence-electron chi connectivity index (χ1n) is 9.42. The minimum absolute atomic E-state index is 0.0473. The molecule has 2 aromatic carbocycles. The van der Waals surface area contributed by atoms with Crippen molar-refractivity contribution in [2.24, 2.45) is 0 Å². The van der Waals surface area contributed by atoms with Crippen LogP contribution in [0, 0.1) is 0 Å². The van der Waals surface area contributed by atoms with E-state index in [1.165, 1.54) is 0 Å². The normalized spacial score (nSPS) is 11.2. The number of amides is 1. The summed E-state index contributed by atoms with van der Waals surface area (Å²) >= 11 is 0.652. The van der Waals surface area contributed by atoms with Crippen LogP contribution < -0.4 is 0 Å². The molecule has 1 aromatic heterocycles. The largest absolute Gasteiger partial charge is 0.465 e. The predicted octanol–water partition coefficient (Wildman–Crippen LogP) is 5.03. The maximum Gasteiger partial charge on any atom is 0.435 e. The number of carbonyl (C=O) groups excluding carboxylic acids is 2. The molecule has 5 nitrogen and oxygen atoms in total. The summed E-state index contributed by atoms with van der Waals surface area (Å²) in [6.07, 6.45) is -4.82. The summed E-state index contributed by atoms with van der Waals surface area (Å²) in [4.78, 5) is 29.4. The molecule has 0 atom stereocenters. The number of rotatable bonds is 7. The van der Waals surface area contributed by atoms with Crippen LogP contribution in [-0.4, -0.2) is 34.9 Å². The van der Waals surface area contributed by atoms with Crippen LogP contribution in [0.1, 0.15) is 27.9 Å². The van der Waals surface area contributed by atoms with Gasteiger partial charge in [-0.15, -0.1) is 11.3 Å². The molecule has 0 bridgehead atoms. The van der Waals surface area contributed by atoms with Gasteiger partial charge in [-0.05, 0) is 12.5 Å². The third-order valence-electron chi connectivity index (χ3n) is 4.24. The second kappa shape index (κ2) is 9.74. The molecule has 3 aromatic rings. The Kier molecular flexibility index (Phi) is 7.06. The monoisotopic (exact) mass is 448 g/mol. The Balaban J connectivity index is 2.00. The zero-order valence-corrected chi connectivity index (χ0v) is 17.4. The van der Waals surface area contributed by atoms with Crippen LogP contribution in [0.3, 0.4) is 0 Å². The molecule has 0 fully saturated rings. The zero-order chi connectivity index (χ0) is 22.4. The van der Waals surface area contributed by atoms with Crippen molar-refractivity contribution in [2.45, 2.75) is 19.6 Å². The number of benzene rings is 2. The number of ether oxygens (including phenoxy) is 1. The van der Waals surface area contributed by atoms with Gasteiger partial charge >= 0.3 is 12.1 Å². The number of hydrogen-bond donors (Lipinski definition) is 0. The first kappa shape index (κ1) is 22.5. The molecule has 0 unspecified atom stereocenters. The van der Waals surface area contributed by atoms with Gasteiger partial charge in [0.25, 0.3) is 5.91 Å². The number of hydrogen-bond acceptors (Lipinski definition) is 5. The minimum atomic E-state index is -4.82. The van der Waals surface area contributed by atoms with Gasteiger partial charge in [-0.2, -0.15) is 13.2 Å². The van der Waals surface area contributed by atoms with Crippen molar-refractivity contribution in [3.8, 4) is 10.6 Å². The molecule has 0 aliphatic rings. The van der Waals surface area contributed by atoms with E-state index >= 15 is 0 Å². The van der Waals surface area contributed by atoms with Crippen LogP contribution in [0.5, 0.6) is 0 Å². The molecule has 31 heavy (non-hydrogen) atoms. The quantitative estimate of drug-likeness (QED) is 0.476. The molecule has 0 spiro atoms. The van der Waals surface area contributed by atoms with Gasteiger partial charge in [0, 0.05) is 12.1 Å². The van der Waals surface area contributed by atoms with Crippen molar-refractivity contribution in [3.05, 3.63) is 76.8 Å². The Morgan fingerprint density at radius 1 is 1.03 bits per heavy atom. The van der Waals surface area contributed by atoms with Crippen molar-refractivity contribution in [2.75, 3.05) is 13.2 Å². The number of thiazole rings is 1. The molecule has 1 amide bonds. The molecule has 0 aliphatic carbocycles. The van der Waals surface area contributed by atoms with Gasteiger partial charge in [-0.1, -0.05) is 60.7 Å². The van der Waals surface area contributed by atoms with Crippen LogP contribution in [0.2, 0.25) is 0 Å². The third-order valence-corrected chi connectivity index (χ3v) is 5.33. The Labute approximate surface area is 181 Å². The standard InChI is InChI=1S/C22H19F3N2O3S/c1-2-30-17(28)14-27(13-15-9-5-3-6-10-15)21(29)18-19(22(23,24)25)26-20(31-18)16-11-7-4-8-12-16/h3-12H,2,13-14H2,1H3. The van der Waals surface area contributed by atoms with Gasteiger partial charge in [-0.3, -0.25) is 9.59 Å². The van der Waals surface area contributed by atoms with Crippen molar-refractivity contribution >= 4 is 23.2 Å². The highest BCUT2D eigenvalue weighted by Crippen LogP contribution is 2.38. The molecule has 1 heterocycles. The van der Waals surface area contributed by atoms with Crippen LogP contribution >= 0.6 is 11.3 Å². The summed E-state index contributed by atoms with van der Waals surface area (Å²) in [5, 5.41) is 0.0760. The Hall–Kier alpha value is -3.20. The zero-order valence-electron chi connectivity index (χ0n) is 16.6. The molecule has 162 valence electrons. The van der Waals surface area contributed by atoms with E-state index in [9.17, 15) is 22.8 Å². The van der Waals surface area contributed by atoms with Crippen LogP contribution in [0.4, 0.5) is 13.2 Å². The molecule has 0 N–H and O–H groups in total. The summed E-state index contributed by atoms with van der Waals surface area (Å²) < 4.78 is 46.0. The molecular weight excluding hydrogens is 429 g/mol. The SMILES string of the molecule is CCOC(=O)CN(Cc1ccccc1)C(=O)c1sc(-c2ccccc2)nc1C(F)(F)F. The van der Waals surface area contributed by atoms with E-state index < -0.39 is 35.2 Å². The van der Waals surface area contributed by atoms with E-state index in [2.05, 4.69) is 4.98 Å². The van der Waals surface area contributed by atoms with Crippen LogP contribution in [-0.2, 0) is 22.3 Å². The topological polar surface area (TPSA) is 59.5 Å². The fraction of sp³-hybridized carbons (Fsp3) is 0.227. The van der Waals surface area contributed by atoms with Crippen molar-refractivity contribution in [1.29, 1.82) is 0 Å². The Bertz CT molecular complexity index is 1040.